The Bertz CT molecular complexity index is 651. The van der Waals surface area contributed by atoms with Gasteiger partial charge in [-0.05, 0) is 19.1 Å². The Kier molecular flexibility index (Phi) is 6.38. The lowest BCUT2D eigenvalue weighted by molar-refractivity contribution is -0.143. The van der Waals surface area contributed by atoms with E-state index in [0.29, 0.717) is 37.5 Å². The highest BCUT2D eigenvalue weighted by molar-refractivity contribution is 5.97. The number of benzene rings is 1. The van der Waals surface area contributed by atoms with Gasteiger partial charge in [0.05, 0.1) is 26.2 Å². The molecule has 1 aromatic carbocycles. The van der Waals surface area contributed by atoms with Crippen LogP contribution in [0.2, 0.25) is 0 Å². The summed E-state index contributed by atoms with van der Waals surface area (Å²) in [4.78, 5) is 39.4. The van der Waals surface area contributed by atoms with E-state index in [1.807, 2.05) is 19.1 Å². The Morgan fingerprint density at radius 2 is 1.64 bits per heavy atom. The van der Waals surface area contributed by atoms with Gasteiger partial charge < -0.3 is 19.3 Å². The molecule has 1 aliphatic rings. The lowest BCUT2D eigenvalue weighted by Gasteiger charge is -2.35. The number of hydrogen-bond acceptors (Lipinski definition) is 5. The summed E-state index contributed by atoms with van der Waals surface area (Å²) >= 11 is 0. The molecule has 0 radical (unpaired) electrons. The normalized spacial score (nSPS) is 14.2. The lowest BCUT2D eigenvalue weighted by Crippen LogP contribution is -2.50. The molecule has 0 bridgehead atoms. The second kappa shape index (κ2) is 8.50. The summed E-state index contributed by atoms with van der Waals surface area (Å²) in [5.41, 5.74) is 1.52. The van der Waals surface area contributed by atoms with Gasteiger partial charge in [0.25, 0.3) is 5.91 Å². The molecule has 25 heavy (non-hydrogen) atoms. The summed E-state index contributed by atoms with van der Waals surface area (Å²) in [5.74, 6) is -0.0336. The van der Waals surface area contributed by atoms with Crippen molar-refractivity contribution in [3.8, 4) is 5.75 Å². The van der Waals surface area contributed by atoms with Gasteiger partial charge in [-0.25, -0.2) is 0 Å². The van der Waals surface area contributed by atoms with Gasteiger partial charge in [-0.2, -0.15) is 0 Å². The summed E-state index contributed by atoms with van der Waals surface area (Å²) in [6, 6.07) is 5.50. The van der Waals surface area contributed by atoms with Gasteiger partial charge in [-0.1, -0.05) is 11.6 Å². The molecule has 1 fully saturated rings. The number of ether oxygens (including phenoxy) is 2. The van der Waals surface area contributed by atoms with E-state index < -0.39 is 5.97 Å². The SMILES string of the molecule is COC(=O)CCC(=O)N1CCN(C(=O)c2cc(C)ccc2OC)CC1. The minimum Gasteiger partial charge on any atom is -0.496 e. The van der Waals surface area contributed by atoms with Gasteiger partial charge in [0.2, 0.25) is 5.91 Å². The third-order valence-corrected chi connectivity index (χ3v) is 4.28. The van der Waals surface area contributed by atoms with Crippen LogP contribution in [-0.2, 0) is 14.3 Å². The molecule has 7 heteroatoms. The number of hydrogen-bond donors (Lipinski definition) is 0. The van der Waals surface area contributed by atoms with Gasteiger partial charge >= 0.3 is 5.97 Å². The molecule has 136 valence electrons. The maximum absolute atomic E-state index is 12.7. The largest absolute Gasteiger partial charge is 0.496 e. The molecule has 0 aliphatic carbocycles. The summed E-state index contributed by atoms with van der Waals surface area (Å²) in [6.45, 7) is 3.76. The van der Waals surface area contributed by atoms with Crippen molar-refractivity contribution < 1.29 is 23.9 Å². The van der Waals surface area contributed by atoms with Gasteiger partial charge in [0, 0.05) is 32.6 Å². The highest BCUT2D eigenvalue weighted by atomic mass is 16.5. The van der Waals surface area contributed by atoms with Crippen LogP contribution in [0, 0.1) is 6.92 Å². The van der Waals surface area contributed by atoms with Crippen molar-refractivity contribution in [3.63, 3.8) is 0 Å². The topological polar surface area (TPSA) is 76.2 Å². The number of methoxy groups -OCH3 is 2. The van der Waals surface area contributed by atoms with E-state index in [4.69, 9.17) is 4.74 Å². The number of carbonyl (C=O) groups excluding carboxylic acids is 3. The van der Waals surface area contributed by atoms with Crippen LogP contribution >= 0.6 is 0 Å². The molecule has 0 atom stereocenters. The van der Waals surface area contributed by atoms with E-state index in [0.717, 1.165) is 5.56 Å². The van der Waals surface area contributed by atoms with Crippen LogP contribution in [0.25, 0.3) is 0 Å². The molecular weight excluding hydrogens is 324 g/mol. The monoisotopic (exact) mass is 348 g/mol. The molecule has 0 spiro atoms. The van der Waals surface area contributed by atoms with Gasteiger partial charge in [-0.15, -0.1) is 0 Å². The second-order valence-electron chi connectivity index (χ2n) is 5.95. The summed E-state index contributed by atoms with van der Waals surface area (Å²) < 4.78 is 9.82. The molecule has 1 saturated heterocycles. The maximum atomic E-state index is 12.7. The van der Waals surface area contributed by atoms with Crippen molar-refractivity contribution in [1.29, 1.82) is 0 Å². The smallest absolute Gasteiger partial charge is 0.306 e. The van der Waals surface area contributed by atoms with Crippen molar-refractivity contribution in [3.05, 3.63) is 29.3 Å². The Balaban J connectivity index is 1.93. The predicted octanol–water partition coefficient (Wildman–Crippen LogP) is 1.24. The van der Waals surface area contributed by atoms with Crippen LogP contribution < -0.4 is 4.74 Å². The molecule has 0 aromatic heterocycles. The zero-order valence-electron chi connectivity index (χ0n) is 14.9. The van der Waals surface area contributed by atoms with E-state index in [1.54, 1.807) is 23.0 Å². The summed E-state index contributed by atoms with van der Waals surface area (Å²) in [5, 5.41) is 0. The van der Waals surface area contributed by atoms with Gasteiger partial charge in [0.1, 0.15) is 5.75 Å². The minimum atomic E-state index is -0.395. The summed E-state index contributed by atoms with van der Waals surface area (Å²) in [7, 11) is 2.84. The average molecular weight is 348 g/mol. The number of aryl methyl sites for hydroxylation is 1. The number of amides is 2. The third-order valence-electron chi connectivity index (χ3n) is 4.28. The van der Waals surface area contributed by atoms with E-state index in [-0.39, 0.29) is 24.7 Å². The maximum Gasteiger partial charge on any atom is 0.306 e. The highest BCUT2D eigenvalue weighted by Gasteiger charge is 2.26. The molecule has 0 N–H and O–H groups in total. The number of esters is 1. The zero-order chi connectivity index (χ0) is 18.4. The first-order chi connectivity index (χ1) is 12.0. The quantitative estimate of drug-likeness (QED) is 0.749. The fourth-order valence-electron chi connectivity index (χ4n) is 2.79. The Hall–Kier alpha value is -2.57. The van der Waals surface area contributed by atoms with Crippen molar-refractivity contribution in [2.45, 2.75) is 19.8 Å². The summed E-state index contributed by atoms with van der Waals surface area (Å²) in [6.07, 6.45) is 0.210. The molecular formula is C18H24N2O5. The molecule has 7 nitrogen and oxygen atoms in total. The van der Waals surface area contributed by atoms with Gasteiger partial charge in [0.15, 0.2) is 0 Å². The second-order valence-corrected chi connectivity index (χ2v) is 5.95. The lowest BCUT2D eigenvalue weighted by atomic mass is 10.1. The van der Waals surface area contributed by atoms with E-state index in [1.165, 1.54) is 7.11 Å². The zero-order valence-corrected chi connectivity index (χ0v) is 14.9. The van der Waals surface area contributed by atoms with E-state index >= 15 is 0 Å². The fourth-order valence-corrected chi connectivity index (χ4v) is 2.79. The van der Waals surface area contributed by atoms with Crippen molar-refractivity contribution in [2.75, 3.05) is 40.4 Å². The first-order valence-electron chi connectivity index (χ1n) is 8.24. The van der Waals surface area contributed by atoms with Crippen LogP contribution in [0.4, 0.5) is 0 Å². The predicted molar refractivity (Wildman–Crippen MR) is 91.5 cm³/mol. The molecule has 0 saturated carbocycles. The van der Waals surface area contributed by atoms with Crippen LogP contribution in [0.15, 0.2) is 18.2 Å². The fraction of sp³-hybridized carbons (Fsp3) is 0.500. The molecule has 2 rings (SSSR count). The number of carbonyl (C=O) groups is 3. The van der Waals surface area contributed by atoms with Crippen LogP contribution in [0.3, 0.4) is 0 Å². The van der Waals surface area contributed by atoms with Crippen molar-refractivity contribution in [1.82, 2.24) is 9.80 Å². The first kappa shape index (κ1) is 18.8. The molecule has 1 aliphatic heterocycles. The number of rotatable bonds is 5. The van der Waals surface area contributed by atoms with Crippen molar-refractivity contribution >= 4 is 17.8 Å². The standard InChI is InChI=1S/C18H24N2O5/c1-13-4-5-15(24-2)14(12-13)18(23)20-10-8-19(9-11-20)16(21)6-7-17(22)25-3/h4-5,12H,6-11H2,1-3H3. The molecule has 0 unspecified atom stereocenters. The minimum absolute atomic E-state index is 0.0783. The van der Waals surface area contributed by atoms with E-state index in [2.05, 4.69) is 4.74 Å². The first-order valence-corrected chi connectivity index (χ1v) is 8.24. The number of piperazine rings is 1. The van der Waals surface area contributed by atoms with Crippen LogP contribution in [-0.4, -0.2) is 68.0 Å². The molecule has 2 amide bonds. The molecule has 1 aromatic rings. The molecule has 1 heterocycles. The number of nitrogens with zero attached hydrogens (tertiary/aromatic N) is 2. The van der Waals surface area contributed by atoms with Crippen LogP contribution in [0.5, 0.6) is 5.75 Å². The van der Waals surface area contributed by atoms with Crippen molar-refractivity contribution in [2.24, 2.45) is 0 Å². The van der Waals surface area contributed by atoms with Crippen LogP contribution in [0.1, 0.15) is 28.8 Å². The third kappa shape index (κ3) is 4.71. The van der Waals surface area contributed by atoms with Gasteiger partial charge in [-0.3, -0.25) is 14.4 Å². The Morgan fingerprint density at radius 3 is 2.24 bits per heavy atom. The Morgan fingerprint density at radius 1 is 1.00 bits per heavy atom. The van der Waals surface area contributed by atoms with E-state index in [9.17, 15) is 14.4 Å². The average Bonchev–Trinajstić information content (AvgIpc) is 2.65. The Labute approximate surface area is 147 Å². The highest BCUT2D eigenvalue weighted by Crippen LogP contribution is 2.22.